The van der Waals surface area contributed by atoms with Gasteiger partial charge in [0.05, 0.1) is 27.8 Å². The number of amides is 1. The first-order chi connectivity index (χ1) is 12.0. The molecule has 2 N–H and O–H groups in total. The van der Waals surface area contributed by atoms with Crippen LogP contribution in [0.4, 0.5) is 0 Å². The normalized spacial score (nSPS) is 19.3. The van der Waals surface area contributed by atoms with E-state index < -0.39 is 22.7 Å². The van der Waals surface area contributed by atoms with E-state index in [1.165, 1.54) is 4.53 Å². The Morgan fingerprint density at radius 2 is 1.88 bits per heavy atom. The van der Waals surface area contributed by atoms with Crippen molar-refractivity contribution < 1.29 is 9.00 Å². The van der Waals surface area contributed by atoms with Crippen LogP contribution in [0.15, 0.2) is 70.4 Å². The number of nitrogens with two attached hydrogens (primary N) is 1. The van der Waals surface area contributed by atoms with Gasteiger partial charge in [-0.05, 0) is 29.8 Å². The maximum absolute atomic E-state index is 13.3. The molecular weight excluding hydrogens is 360 g/mol. The molecule has 2 atom stereocenters. The van der Waals surface area contributed by atoms with Gasteiger partial charge in [0.1, 0.15) is 6.04 Å². The van der Waals surface area contributed by atoms with Crippen molar-refractivity contribution in [3.63, 3.8) is 0 Å². The van der Waals surface area contributed by atoms with Gasteiger partial charge in [0.15, 0.2) is 0 Å². The van der Waals surface area contributed by atoms with Gasteiger partial charge in [-0.3, -0.25) is 14.8 Å². The van der Waals surface area contributed by atoms with E-state index in [0.717, 1.165) is 5.56 Å². The first-order valence-corrected chi connectivity index (χ1v) is 9.06. The molecule has 3 rings (SSSR count). The van der Waals surface area contributed by atoms with Crippen molar-refractivity contribution in [3.05, 3.63) is 71.0 Å². The molecule has 0 fully saturated rings. The predicted octanol–water partition coefficient (Wildman–Crippen LogP) is 2.33. The second kappa shape index (κ2) is 7.35. The summed E-state index contributed by atoms with van der Waals surface area (Å²) in [5, 5.41) is 1.62. The SMILES string of the molecule is CN1C(CC(N)=O)=C(S(=O)c2ccccc2)C(c2ccncc2)N1Cl. The molecule has 1 aromatic heterocycles. The number of halogens is 1. The minimum Gasteiger partial charge on any atom is -0.369 e. The third-order valence-corrected chi connectivity index (χ3v) is 5.92. The van der Waals surface area contributed by atoms with Crippen LogP contribution in [0.25, 0.3) is 0 Å². The fourth-order valence-electron chi connectivity index (χ4n) is 2.77. The van der Waals surface area contributed by atoms with Gasteiger partial charge in [0.25, 0.3) is 0 Å². The molecule has 0 radical (unpaired) electrons. The number of hydrogen-bond donors (Lipinski definition) is 1. The third-order valence-electron chi connectivity index (χ3n) is 3.94. The largest absolute Gasteiger partial charge is 0.369 e. The number of primary amides is 1. The molecule has 8 heteroatoms. The summed E-state index contributed by atoms with van der Waals surface area (Å²) in [6.07, 6.45) is 3.25. The van der Waals surface area contributed by atoms with Gasteiger partial charge in [-0.25, -0.2) is 4.21 Å². The van der Waals surface area contributed by atoms with Crippen LogP contribution < -0.4 is 5.73 Å². The summed E-state index contributed by atoms with van der Waals surface area (Å²) < 4.78 is 14.7. The third kappa shape index (κ3) is 3.44. The van der Waals surface area contributed by atoms with Gasteiger partial charge in [0.2, 0.25) is 5.91 Å². The standard InChI is InChI=1S/C17H17ClN4O2S/c1-21-14(11-15(19)23)17(25(24)13-5-3-2-4-6-13)16(22(21)18)12-7-9-20-10-8-12/h2-10,16H,11H2,1H3,(H2,19,23). The average molecular weight is 377 g/mol. The van der Waals surface area contributed by atoms with Gasteiger partial charge in [-0.2, -0.15) is 0 Å². The molecule has 6 nitrogen and oxygen atoms in total. The molecule has 0 bridgehead atoms. The molecule has 2 aromatic rings. The van der Waals surface area contributed by atoms with Crippen molar-refractivity contribution in [3.8, 4) is 0 Å². The van der Waals surface area contributed by atoms with E-state index in [4.69, 9.17) is 17.5 Å². The maximum atomic E-state index is 13.3. The number of hydrogen-bond acceptors (Lipinski definition) is 5. The Hall–Kier alpha value is -2.22. The van der Waals surface area contributed by atoms with Crippen LogP contribution in [0.5, 0.6) is 0 Å². The number of rotatable bonds is 5. The molecule has 1 amide bonds. The fourth-order valence-corrected chi connectivity index (χ4v) is 4.64. The Balaban J connectivity index is 2.15. The molecule has 1 aromatic carbocycles. The van der Waals surface area contributed by atoms with Gasteiger partial charge in [0, 0.05) is 36.1 Å². The summed E-state index contributed by atoms with van der Waals surface area (Å²) >= 11 is 6.48. The molecule has 1 aliphatic rings. The molecule has 2 heterocycles. The van der Waals surface area contributed by atoms with Crippen molar-refractivity contribution in [1.82, 2.24) is 14.5 Å². The molecule has 0 saturated heterocycles. The highest BCUT2D eigenvalue weighted by Gasteiger charge is 2.41. The van der Waals surface area contributed by atoms with Crippen LogP contribution in [-0.2, 0) is 15.6 Å². The lowest BCUT2D eigenvalue weighted by Gasteiger charge is -2.25. The smallest absolute Gasteiger partial charge is 0.223 e. The van der Waals surface area contributed by atoms with Crippen molar-refractivity contribution in [2.24, 2.45) is 5.73 Å². The molecule has 2 unspecified atom stereocenters. The number of hydrazine groups is 1. The van der Waals surface area contributed by atoms with Crippen molar-refractivity contribution in [1.29, 1.82) is 0 Å². The summed E-state index contributed by atoms with van der Waals surface area (Å²) in [5.74, 6) is -0.509. The maximum Gasteiger partial charge on any atom is 0.223 e. The van der Waals surface area contributed by atoms with E-state index in [-0.39, 0.29) is 6.42 Å². The Bertz CT molecular complexity index is 829. The van der Waals surface area contributed by atoms with Crippen molar-refractivity contribution >= 4 is 28.5 Å². The Kier molecular flexibility index (Phi) is 5.17. The highest BCUT2D eigenvalue weighted by molar-refractivity contribution is 7.89. The van der Waals surface area contributed by atoms with E-state index in [1.807, 2.05) is 30.3 Å². The number of aromatic nitrogens is 1. The Labute approximate surface area is 153 Å². The molecule has 1 aliphatic heterocycles. The first kappa shape index (κ1) is 17.6. The highest BCUT2D eigenvalue weighted by atomic mass is 35.5. The first-order valence-electron chi connectivity index (χ1n) is 7.57. The monoisotopic (exact) mass is 376 g/mol. The van der Waals surface area contributed by atoms with Gasteiger partial charge in [-0.15, -0.1) is 4.53 Å². The second-order valence-corrected chi connectivity index (χ2v) is 7.33. The lowest BCUT2D eigenvalue weighted by molar-refractivity contribution is -0.117. The Morgan fingerprint density at radius 3 is 2.48 bits per heavy atom. The zero-order valence-electron chi connectivity index (χ0n) is 13.5. The summed E-state index contributed by atoms with van der Waals surface area (Å²) in [4.78, 5) is 16.7. The highest BCUT2D eigenvalue weighted by Crippen LogP contribution is 2.44. The number of carbonyl (C=O) groups excluding carboxylic acids is 1. The number of pyridine rings is 1. The zero-order valence-corrected chi connectivity index (χ0v) is 15.1. The molecule has 25 heavy (non-hydrogen) atoms. The topological polar surface area (TPSA) is 79.5 Å². The van der Waals surface area contributed by atoms with Gasteiger partial charge < -0.3 is 5.73 Å². The summed E-state index contributed by atoms with van der Waals surface area (Å²) in [6, 6.07) is 12.2. The summed E-state index contributed by atoms with van der Waals surface area (Å²) in [6.45, 7) is 0. The Morgan fingerprint density at radius 1 is 1.24 bits per heavy atom. The van der Waals surface area contributed by atoms with E-state index in [1.54, 1.807) is 36.6 Å². The molecule has 0 saturated carbocycles. The van der Waals surface area contributed by atoms with E-state index in [9.17, 15) is 9.00 Å². The van der Waals surface area contributed by atoms with Gasteiger partial charge in [-0.1, -0.05) is 18.2 Å². The van der Waals surface area contributed by atoms with Crippen LogP contribution in [0.3, 0.4) is 0 Å². The minimum absolute atomic E-state index is 0.0464. The van der Waals surface area contributed by atoms with Crippen LogP contribution in [0.2, 0.25) is 0 Å². The molecule has 0 spiro atoms. The quantitative estimate of drug-likeness (QED) is 0.810. The lowest BCUT2D eigenvalue weighted by Crippen LogP contribution is -2.29. The summed E-state index contributed by atoms with van der Waals surface area (Å²) in [7, 11) is 0.223. The number of nitrogens with zero attached hydrogens (tertiary/aromatic N) is 3. The summed E-state index contributed by atoms with van der Waals surface area (Å²) in [5.41, 5.74) is 6.77. The number of benzene rings is 1. The molecule has 0 aliphatic carbocycles. The zero-order chi connectivity index (χ0) is 18.0. The average Bonchev–Trinajstić information content (AvgIpc) is 2.87. The van der Waals surface area contributed by atoms with Crippen LogP contribution in [0.1, 0.15) is 18.0 Å². The predicted molar refractivity (Wildman–Crippen MR) is 96.1 cm³/mol. The van der Waals surface area contributed by atoms with E-state index in [2.05, 4.69) is 4.98 Å². The van der Waals surface area contributed by atoms with E-state index >= 15 is 0 Å². The number of carbonyl (C=O) groups is 1. The minimum atomic E-state index is -1.49. The second-order valence-electron chi connectivity index (χ2n) is 5.53. The van der Waals surface area contributed by atoms with Crippen molar-refractivity contribution in [2.75, 3.05) is 7.05 Å². The van der Waals surface area contributed by atoms with Crippen LogP contribution in [-0.4, -0.2) is 31.7 Å². The molecular formula is C17H17ClN4O2S. The lowest BCUT2D eigenvalue weighted by atomic mass is 10.1. The van der Waals surface area contributed by atoms with Crippen LogP contribution in [0, 0.1) is 0 Å². The fraction of sp³-hybridized carbons (Fsp3) is 0.176. The van der Waals surface area contributed by atoms with E-state index in [0.29, 0.717) is 15.5 Å². The van der Waals surface area contributed by atoms with Gasteiger partial charge >= 0.3 is 0 Å². The van der Waals surface area contributed by atoms with Crippen LogP contribution >= 0.6 is 11.8 Å². The molecule has 130 valence electrons. The van der Waals surface area contributed by atoms with Crippen molar-refractivity contribution in [2.45, 2.75) is 17.4 Å².